The van der Waals surface area contributed by atoms with Crippen molar-refractivity contribution in [3.8, 4) is 10.4 Å². The number of nitrogens with two attached hydrogens (primary N) is 1. The van der Waals surface area contributed by atoms with Crippen LogP contribution in [-0.4, -0.2) is 14.2 Å². The van der Waals surface area contributed by atoms with E-state index in [1.165, 1.54) is 24.3 Å². The molecule has 6 heteroatoms. The third-order valence-corrected chi connectivity index (χ3v) is 5.61. The number of hydrogen-bond acceptors (Lipinski definition) is 4. The first-order chi connectivity index (χ1) is 11.9. The highest BCUT2D eigenvalue weighted by molar-refractivity contribution is 7.89. The number of ketones is 1. The van der Waals surface area contributed by atoms with Gasteiger partial charge in [-0.05, 0) is 46.8 Å². The van der Waals surface area contributed by atoms with E-state index in [9.17, 15) is 13.2 Å². The SMILES string of the molecule is C=C(C(=O)c1ccc(S(N)(=O)=O)cc1)c1ccc(-c2cccs2)cc1. The van der Waals surface area contributed by atoms with E-state index in [1.807, 2.05) is 41.8 Å². The van der Waals surface area contributed by atoms with Crippen LogP contribution in [0.3, 0.4) is 0 Å². The molecule has 0 aliphatic heterocycles. The largest absolute Gasteiger partial charge is 0.289 e. The summed E-state index contributed by atoms with van der Waals surface area (Å²) in [5, 5.41) is 7.07. The Balaban J connectivity index is 1.81. The standard InChI is InChI=1S/C19H15NO3S2/c1-13(14-4-6-15(7-5-14)18-3-2-12-24-18)19(21)16-8-10-17(11-9-16)25(20,22)23/h2-12H,1H2,(H2,20,22,23). The Hall–Kier alpha value is -2.54. The molecule has 3 aromatic rings. The van der Waals surface area contributed by atoms with Gasteiger partial charge in [0.2, 0.25) is 10.0 Å². The summed E-state index contributed by atoms with van der Waals surface area (Å²) in [6.45, 7) is 3.87. The van der Waals surface area contributed by atoms with Crippen molar-refractivity contribution in [1.29, 1.82) is 0 Å². The van der Waals surface area contributed by atoms with Gasteiger partial charge < -0.3 is 0 Å². The fraction of sp³-hybridized carbons (Fsp3) is 0. The average molecular weight is 369 g/mol. The number of primary sulfonamides is 1. The first-order valence-corrected chi connectivity index (χ1v) is 9.79. The zero-order chi connectivity index (χ0) is 18.0. The molecule has 25 heavy (non-hydrogen) atoms. The molecule has 0 aliphatic carbocycles. The van der Waals surface area contributed by atoms with Crippen molar-refractivity contribution >= 4 is 32.7 Å². The molecule has 2 N–H and O–H groups in total. The van der Waals surface area contributed by atoms with Gasteiger partial charge >= 0.3 is 0 Å². The molecule has 4 nitrogen and oxygen atoms in total. The summed E-state index contributed by atoms with van der Waals surface area (Å²) >= 11 is 1.65. The van der Waals surface area contributed by atoms with Crippen LogP contribution < -0.4 is 5.14 Å². The van der Waals surface area contributed by atoms with E-state index in [-0.39, 0.29) is 10.7 Å². The van der Waals surface area contributed by atoms with Gasteiger partial charge in [-0.1, -0.05) is 36.9 Å². The van der Waals surface area contributed by atoms with Crippen LogP contribution in [0, 0.1) is 0 Å². The highest BCUT2D eigenvalue weighted by Crippen LogP contribution is 2.27. The number of allylic oxidation sites excluding steroid dienone is 1. The Labute approximate surface area is 150 Å². The number of hydrogen-bond donors (Lipinski definition) is 1. The fourth-order valence-corrected chi connectivity index (χ4v) is 3.63. The first-order valence-electron chi connectivity index (χ1n) is 7.37. The second-order valence-corrected chi connectivity index (χ2v) is 7.94. The highest BCUT2D eigenvalue weighted by Gasteiger charge is 2.14. The van der Waals surface area contributed by atoms with Crippen LogP contribution in [0.15, 0.2) is 77.5 Å². The zero-order valence-corrected chi connectivity index (χ0v) is 14.8. The molecule has 0 aliphatic rings. The summed E-state index contributed by atoms with van der Waals surface area (Å²) in [6.07, 6.45) is 0. The molecule has 0 atom stereocenters. The van der Waals surface area contributed by atoms with Gasteiger partial charge in [-0.15, -0.1) is 11.3 Å². The number of benzene rings is 2. The number of Topliss-reactive ketones (excluding diaryl/α,β-unsaturated/α-hetero) is 1. The molecule has 1 heterocycles. The van der Waals surface area contributed by atoms with E-state index < -0.39 is 10.0 Å². The van der Waals surface area contributed by atoms with Crippen molar-refractivity contribution in [2.45, 2.75) is 4.90 Å². The Morgan fingerprint density at radius 3 is 2.04 bits per heavy atom. The second-order valence-electron chi connectivity index (χ2n) is 5.43. The molecular formula is C19H15NO3S2. The predicted molar refractivity (Wildman–Crippen MR) is 101 cm³/mol. The molecule has 2 aromatic carbocycles. The van der Waals surface area contributed by atoms with Crippen molar-refractivity contribution in [1.82, 2.24) is 0 Å². The van der Waals surface area contributed by atoms with E-state index in [1.54, 1.807) is 11.3 Å². The molecule has 0 saturated heterocycles. The van der Waals surface area contributed by atoms with Gasteiger partial charge in [0.05, 0.1) is 4.90 Å². The summed E-state index contributed by atoms with van der Waals surface area (Å²) in [5.74, 6) is -0.259. The Kier molecular flexibility index (Phi) is 4.67. The minimum Gasteiger partial charge on any atom is -0.289 e. The molecule has 126 valence electrons. The van der Waals surface area contributed by atoms with Crippen LogP contribution in [0.4, 0.5) is 0 Å². The molecule has 0 spiro atoms. The monoisotopic (exact) mass is 369 g/mol. The van der Waals surface area contributed by atoms with Crippen LogP contribution >= 0.6 is 11.3 Å². The lowest BCUT2D eigenvalue weighted by atomic mass is 9.97. The van der Waals surface area contributed by atoms with Gasteiger partial charge in [-0.3, -0.25) is 4.79 Å². The van der Waals surface area contributed by atoms with E-state index in [0.29, 0.717) is 11.1 Å². The van der Waals surface area contributed by atoms with E-state index in [2.05, 4.69) is 6.58 Å². The van der Waals surface area contributed by atoms with Crippen molar-refractivity contribution in [3.63, 3.8) is 0 Å². The first kappa shape index (κ1) is 17.3. The smallest absolute Gasteiger partial charge is 0.238 e. The third kappa shape index (κ3) is 3.76. The molecule has 0 radical (unpaired) electrons. The zero-order valence-electron chi connectivity index (χ0n) is 13.2. The van der Waals surface area contributed by atoms with Gasteiger partial charge in [0.1, 0.15) is 0 Å². The van der Waals surface area contributed by atoms with E-state index in [0.717, 1.165) is 16.0 Å². The van der Waals surface area contributed by atoms with Gasteiger partial charge in [0.25, 0.3) is 0 Å². The van der Waals surface area contributed by atoms with Crippen molar-refractivity contribution < 1.29 is 13.2 Å². The minimum atomic E-state index is -3.78. The van der Waals surface area contributed by atoms with E-state index >= 15 is 0 Å². The topological polar surface area (TPSA) is 77.2 Å². The van der Waals surface area contributed by atoms with Crippen LogP contribution in [0.5, 0.6) is 0 Å². The van der Waals surface area contributed by atoms with Gasteiger partial charge in [0, 0.05) is 16.0 Å². The molecule has 3 rings (SSSR count). The maximum absolute atomic E-state index is 12.5. The van der Waals surface area contributed by atoms with Crippen molar-refractivity contribution in [2.24, 2.45) is 5.14 Å². The third-order valence-electron chi connectivity index (χ3n) is 3.76. The minimum absolute atomic E-state index is 0.0324. The van der Waals surface area contributed by atoms with Gasteiger partial charge in [-0.2, -0.15) is 0 Å². The number of carbonyl (C=O) groups is 1. The summed E-state index contributed by atoms with van der Waals surface area (Å²) in [6, 6.07) is 17.1. The Morgan fingerprint density at radius 1 is 0.920 bits per heavy atom. The molecule has 0 amide bonds. The lowest BCUT2D eigenvalue weighted by Crippen LogP contribution is -2.12. The quantitative estimate of drug-likeness (QED) is 0.546. The fourth-order valence-electron chi connectivity index (χ4n) is 2.38. The summed E-state index contributed by atoms with van der Waals surface area (Å²) in [4.78, 5) is 13.7. The second kappa shape index (κ2) is 6.76. The number of rotatable bonds is 5. The summed E-state index contributed by atoms with van der Waals surface area (Å²) in [5.41, 5.74) is 2.51. The van der Waals surface area contributed by atoms with Gasteiger partial charge in [-0.25, -0.2) is 13.6 Å². The highest BCUT2D eigenvalue weighted by atomic mass is 32.2. The molecule has 0 unspecified atom stereocenters. The van der Waals surface area contributed by atoms with Crippen molar-refractivity contribution in [2.75, 3.05) is 0 Å². The van der Waals surface area contributed by atoms with Crippen LogP contribution in [0.2, 0.25) is 0 Å². The van der Waals surface area contributed by atoms with Crippen LogP contribution in [0.25, 0.3) is 16.0 Å². The molecular weight excluding hydrogens is 354 g/mol. The lowest BCUT2D eigenvalue weighted by Gasteiger charge is -2.07. The lowest BCUT2D eigenvalue weighted by molar-refractivity contribution is 0.105. The number of sulfonamides is 1. The maximum Gasteiger partial charge on any atom is 0.238 e. The number of carbonyl (C=O) groups excluding carboxylic acids is 1. The predicted octanol–water partition coefficient (Wildman–Crippen LogP) is 3.96. The molecule has 0 bridgehead atoms. The Morgan fingerprint density at radius 2 is 1.52 bits per heavy atom. The van der Waals surface area contributed by atoms with Crippen molar-refractivity contribution in [3.05, 3.63) is 83.7 Å². The summed E-state index contributed by atoms with van der Waals surface area (Å²) < 4.78 is 22.5. The molecule has 0 fully saturated rings. The Bertz CT molecular complexity index is 1020. The van der Waals surface area contributed by atoms with Crippen LogP contribution in [-0.2, 0) is 10.0 Å². The molecule has 1 aromatic heterocycles. The normalized spacial score (nSPS) is 11.2. The van der Waals surface area contributed by atoms with Crippen LogP contribution in [0.1, 0.15) is 15.9 Å². The van der Waals surface area contributed by atoms with Gasteiger partial charge in [0.15, 0.2) is 5.78 Å². The molecule has 0 saturated carbocycles. The summed E-state index contributed by atoms with van der Waals surface area (Å²) in [7, 11) is -3.78. The number of thiophene rings is 1. The maximum atomic E-state index is 12.5. The van der Waals surface area contributed by atoms with E-state index in [4.69, 9.17) is 5.14 Å². The average Bonchev–Trinajstić information content (AvgIpc) is 3.14.